The smallest absolute Gasteiger partial charge is 0.270 e. The normalized spacial score (nSPS) is 14.4. The topological polar surface area (TPSA) is 102 Å². The first-order chi connectivity index (χ1) is 11.5. The van der Waals surface area contributed by atoms with E-state index in [1.807, 2.05) is 0 Å². The van der Waals surface area contributed by atoms with Gasteiger partial charge in [-0.2, -0.15) is 0 Å². The van der Waals surface area contributed by atoms with Crippen LogP contribution in [0.4, 0.5) is 11.4 Å². The molecule has 0 bridgehead atoms. The number of rotatable bonds is 4. The fourth-order valence-electron chi connectivity index (χ4n) is 2.49. The third-order valence-electron chi connectivity index (χ3n) is 3.59. The van der Waals surface area contributed by atoms with Crippen LogP contribution in [0.1, 0.15) is 18.1 Å². The molecule has 0 aliphatic carbocycles. The Balaban J connectivity index is 2.06. The minimum atomic E-state index is -0.506. The summed E-state index contributed by atoms with van der Waals surface area (Å²) in [5.74, 6) is -0.0213. The first-order valence-corrected chi connectivity index (χ1v) is 7.27. The van der Waals surface area contributed by atoms with Gasteiger partial charge >= 0.3 is 0 Å². The Kier molecular flexibility index (Phi) is 3.91. The molecule has 0 spiro atoms. The number of anilines is 1. The van der Waals surface area contributed by atoms with Gasteiger partial charge in [0.2, 0.25) is 0 Å². The number of nitrogens with one attached hydrogen (secondary N) is 1. The number of phenols is 1. The van der Waals surface area contributed by atoms with Gasteiger partial charge in [-0.15, -0.1) is 0 Å². The fourth-order valence-corrected chi connectivity index (χ4v) is 2.49. The number of benzene rings is 2. The zero-order valence-electron chi connectivity index (χ0n) is 12.8. The molecular weight excluding hydrogens is 312 g/mol. The maximum atomic E-state index is 12.2. The van der Waals surface area contributed by atoms with Crippen molar-refractivity contribution >= 4 is 28.9 Å². The summed E-state index contributed by atoms with van der Waals surface area (Å²) in [4.78, 5) is 22.6. The molecule has 1 aliphatic rings. The third kappa shape index (κ3) is 2.79. The van der Waals surface area contributed by atoms with Crippen molar-refractivity contribution in [2.45, 2.75) is 6.92 Å². The minimum Gasteiger partial charge on any atom is -0.504 e. The van der Waals surface area contributed by atoms with Crippen molar-refractivity contribution in [1.82, 2.24) is 0 Å². The van der Waals surface area contributed by atoms with Crippen LogP contribution in [-0.4, -0.2) is 22.5 Å². The van der Waals surface area contributed by atoms with E-state index in [1.165, 1.54) is 24.3 Å². The van der Waals surface area contributed by atoms with Crippen LogP contribution >= 0.6 is 0 Å². The molecule has 2 N–H and O–H groups in total. The van der Waals surface area contributed by atoms with Crippen LogP contribution in [0.2, 0.25) is 0 Å². The molecule has 0 unspecified atom stereocenters. The van der Waals surface area contributed by atoms with Gasteiger partial charge in [-0.3, -0.25) is 14.9 Å². The van der Waals surface area contributed by atoms with E-state index in [9.17, 15) is 20.0 Å². The van der Waals surface area contributed by atoms with E-state index in [1.54, 1.807) is 25.1 Å². The number of nitro benzene ring substituents is 1. The average Bonchev–Trinajstić information content (AvgIpc) is 2.86. The number of non-ortho nitro benzene ring substituents is 1. The molecule has 3 rings (SSSR count). The molecule has 0 atom stereocenters. The third-order valence-corrected chi connectivity index (χ3v) is 3.59. The summed E-state index contributed by atoms with van der Waals surface area (Å²) in [6.45, 7) is 2.19. The first-order valence-electron chi connectivity index (χ1n) is 7.27. The van der Waals surface area contributed by atoms with Crippen LogP contribution in [0, 0.1) is 10.1 Å². The van der Waals surface area contributed by atoms with Gasteiger partial charge in [0.15, 0.2) is 11.5 Å². The number of nitrogens with zero attached hydrogens (tertiary/aromatic N) is 1. The van der Waals surface area contributed by atoms with Crippen molar-refractivity contribution in [3.8, 4) is 11.5 Å². The lowest BCUT2D eigenvalue weighted by molar-refractivity contribution is -0.384. The molecule has 1 aliphatic heterocycles. The molecule has 7 nitrogen and oxygen atoms in total. The zero-order chi connectivity index (χ0) is 17.3. The SMILES string of the molecule is CCOc1cc(/C=C2/C(=O)Nc3ccc([N+](=O)[O-])cc32)ccc1O. The number of phenolic OH excluding ortho intramolecular Hbond substituents is 1. The summed E-state index contributed by atoms with van der Waals surface area (Å²) in [5.41, 5.74) is 1.88. The number of ether oxygens (including phenoxy) is 1. The molecule has 0 fully saturated rings. The molecule has 122 valence electrons. The predicted octanol–water partition coefficient (Wildman–Crippen LogP) is 3.19. The summed E-state index contributed by atoms with van der Waals surface area (Å²) in [7, 11) is 0. The average molecular weight is 326 g/mol. The summed E-state index contributed by atoms with van der Waals surface area (Å²) >= 11 is 0. The second-order valence-electron chi connectivity index (χ2n) is 5.16. The molecule has 0 aromatic heterocycles. The number of carbonyl (C=O) groups excluding carboxylic acids is 1. The number of hydrogen-bond donors (Lipinski definition) is 2. The number of hydrogen-bond acceptors (Lipinski definition) is 5. The van der Waals surface area contributed by atoms with E-state index < -0.39 is 4.92 Å². The lowest BCUT2D eigenvalue weighted by Crippen LogP contribution is -2.03. The van der Waals surface area contributed by atoms with Gasteiger partial charge in [0.25, 0.3) is 11.6 Å². The second kappa shape index (κ2) is 6.04. The largest absolute Gasteiger partial charge is 0.504 e. The number of nitro groups is 1. The molecule has 2 aromatic carbocycles. The number of fused-ring (bicyclic) bond motifs is 1. The highest BCUT2D eigenvalue weighted by Gasteiger charge is 2.26. The van der Waals surface area contributed by atoms with Gasteiger partial charge in [0.1, 0.15) is 0 Å². The van der Waals surface area contributed by atoms with Crippen molar-refractivity contribution in [1.29, 1.82) is 0 Å². The van der Waals surface area contributed by atoms with Crippen molar-refractivity contribution < 1.29 is 19.6 Å². The maximum Gasteiger partial charge on any atom is 0.270 e. The fraction of sp³-hybridized carbons (Fsp3) is 0.118. The maximum absolute atomic E-state index is 12.2. The molecule has 1 amide bonds. The Hall–Kier alpha value is -3.35. The Bertz CT molecular complexity index is 873. The summed E-state index contributed by atoms with van der Waals surface area (Å²) < 4.78 is 5.32. The molecule has 24 heavy (non-hydrogen) atoms. The molecular formula is C17H14N2O5. The molecule has 7 heteroatoms. The summed E-state index contributed by atoms with van der Waals surface area (Å²) in [6, 6.07) is 8.92. The highest BCUT2D eigenvalue weighted by atomic mass is 16.6. The van der Waals surface area contributed by atoms with Gasteiger partial charge < -0.3 is 15.2 Å². The van der Waals surface area contributed by atoms with Crippen LogP contribution in [0.3, 0.4) is 0 Å². The monoisotopic (exact) mass is 326 g/mol. The Morgan fingerprint density at radius 2 is 2.08 bits per heavy atom. The van der Waals surface area contributed by atoms with Crippen LogP contribution in [0.15, 0.2) is 36.4 Å². The molecule has 0 saturated carbocycles. The minimum absolute atomic E-state index is 0.00547. The van der Waals surface area contributed by atoms with E-state index in [0.717, 1.165) is 0 Å². The highest BCUT2D eigenvalue weighted by molar-refractivity contribution is 6.35. The summed E-state index contributed by atoms with van der Waals surface area (Å²) in [5, 5.41) is 23.3. The van der Waals surface area contributed by atoms with Crippen molar-refractivity contribution in [2.75, 3.05) is 11.9 Å². The van der Waals surface area contributed by atoms with Gasteiger partial charge in [0, 0.05) is 29.0 Å². The van der Waals surface area contributed by atoms with Crippen LogP contribution in [0.5, 0.6) is 11.5 Å². The molecule has 0 saturated heterocycles. The van der Waals surface area contributed by atoms with E-state index in [-0.39, 0.29) is 17.3 Å². The Morgan fingerprint density at radius 3 is 2.79 bits per heavy atom. The lowest BCUT2D eigenvalue weighted by Gasteiger charge is -2.06. The first kappa shape index (κ1) is 15.5. The van der Waals surface area contributed by atoms with Crippen LogP contribution in [-0.2, 0) is 4.79 Å². The molecule has 1 heterocycles. The van der Waals surface area contributed by atoms with Gasteiger partial charge in [-0.1, -0.05) is 6.07 Å². The zero-order valence-corrected chi connectivity index (χ0v) is 12.8. The molecule has 0 radical (unpaired) electrons. The Morgan fingerprint density at radius 1 is 1.29 bits per heavy atom. The van der Waals surface area contributed by atoms with Crippen molar-refractivity contribution in [2.24, 2.45) is 0 Å². The predicted molar refractivity (Wildman–Crippen MR) is 88.9 cm³/mol. The highest BCUT2D eigenvalue weighted by Crippen LogP contribution is 2.36. The van der Waals surface area contributed by atoms with Crippen molar-refractivity contribution in [3.05, 3.63) is 57.6 Å². The van der Waals surface area contributed by atoms with Gasteiger partial charge in [0.05, 0.1) is 11.5 Å². The van der Waals surface area contributed by atoms with E-state index >= 15 is 0 Å². The number of aromatic hydroxyl groups is 1. The lowest BCUT2D eigenvalue weighted by atomic mass is 10.0. The number of carbonyl (C=O) groups is 1. The van der Waals surface area contributed by atoms with Crippen LogP contribution < -0.4 is 10.1 Å². The quantitative estimate of drug-likeness (QED) is 0.510. The van der Waals surface area contributed by atoms with Gasteiger partial charge in [-0.05, 0) is 36.8 Å². The van der Waals surface area contributed by atoms with E-state index in [4.69, 9.17) is 4.74 Å². The standard InChI is InChI=1S/C17H14N2O5/c1-2-24-16-8-10(3-6-15(16)20)7-13-12-9-11(19(22)23)4-5-14(12)18-17(13)21/h3-9,20H,2H2,1H3,(H,18,21)/b13-7+. The van der Waals surface area contributed by atoms with E-state index in [0.29, 0.717) is 34.7 Å². The Labute approximate surface area is 137 Å². The van der Waals surface area contributed by atoms with E-state index in [2.05, 4.69) is 5.32 Å². The van der Waals surface area contributed by atoms with Crippen LogP contribution in [0.25, 0.3) is 11.6 Å². The van der Waals surface area contributed by atoms with Gasteiger partial charge in [-0.25, -0.2) is 0 Å². The van der Waals surface area contributed by atoms with Crippen molar-refractivity contribution in [3.63, 3.8) is 0 Å². The second-order valence-corrected chi connectivity index (χ2v) is 5.16. The molecule has 2 aromatic rings. The summed E-state index contributed by atoms with van der Waals surface area (Å²) in [6.07, 6.45) is 1.60. The number of amides is 1.